The largest absolute Gasteiger partial charge is 0.375 e. The maximum atomic E-state index is 5.71. The van der Waals surface area contributed by atoms with Crippen molar-refractivity contribution in [3.8, 4) is 16.9 Å². The van der Waals surface area contributed by atoms with Crippen LogP contribution in [0, 0.1) is 6.92 Å². The molecule has 0 aliphatic heterocycles. The van der Waals surface area contributed by atoms with E-state index < -0.39 is 0 Å². The van der Waals surface area contributed by atoms with E-state index in [9.17, 15) is 0 Å². The van der Waals surface area contributed by atoms with Gasteiger partial charge in [-0.3, -0.25) is 0 Å². The van der Waals surface area contributed by atoms with Crippen molar-refractivity contribution in [2.24, 2.45) is 0 Å². The predicted octanol–water partition coefficient (Wildman–Crippen LogP) is 4.01. The maximum absolute atomic E-state index is 5.71. The number of thiazole rings is 1. The van der Waals surface area contributed by atoms with Crippen LogP contribution < -0.4 is 5.73 Å². The van der Waals surface area contributed by atoms with Gasteiger partial charge in [-0.1, -0.05) is 26.0 Å². The molecule has 2 heterocycles. The van der Waals surface area contributed by atoms with Crippen molar-refractivity contribution >= 4 is 16.5 Å². The molecule has 0 spiro atoms. The average Bonchev–Trinajstić information content (AvgIpc) is 3.05. The molecule has 0 amide bonds. The first kappa shape index (κ1) is 13.8. The van der Waals surface area contributed by atoms with E-state index in [0.29, 0.717) is 11.0 Å². The maximum Gasteiger partial charge on any atom is 0.180 e. The Morgan fingerprint density at radius 2 is 1.90 bits per heavy atom. The Bertz CT molecular complexity index is 753. The summed E-state index contributed by atoms with van der Waals surface area (Å²) >= 11 is 1.45. The van der Waals surface area contributed by atoms with Crippen LogP contribution in [-0.2, 0) is 0 Å². The van der Waals surface area contributed by atoms with Crippen molar-refractivity contribution in [3.63, 3.8) is 0 Å². The summed E-state index contributed by atoms with van der Waals surface area (Å²) in [6.07, 6.45) is 1.85. The molecule has 3 rings (SSSR count). The summed E-state index contributed by atoms with van der Waals surface area (Å²) in [5.74, 6) is 0.534. The van der Waals surface area contributed by atoms with Crippen LogP contribution in [0.2, 0.25) is 0 Å². The molecule has 2 aromatic heterocycles. The second kappa shape index (κ2) is 5.33. The standard InChI is InChI=1S/C16H18N4S/c1-10(2)12-4-6-13(7-5-12)20-11(3)14(8-18-20)15-9-21-16(17)19-15/h4-10H,1-3H3,(H2,17,19). The van der Waals surface area contributed by atoms with Gasteiger partial charge < -0.3 is 5.73 Å². The number of rotatable bonds is 3. The fourth-order valence-corrected chi connectivity index (χ4v) is 2.90. The zero-order valence-electron chi connectivity index (χ0n) is 12.4. The minimum Gasteiger partial charge on any atom is -0.375 e. The lowest BCUT2D eigenvalue weighted by Gasteiger charge is -2.08. The minimum absolute atomic E-state index is 0.534. The van der Waals surface area contributed by atoms with Crippen molar-refractivity contribution in [3.05, 3.63) is 47.1 Å². The highest BCUT2D eigenvalue weighted by Crippen LogP contribution is 2.27. The van der Waals surface area contributed by atoms with Crippen molar-refractivity contribution in [2.75, 3.05) is 5.73 Å². The Kier molecular flexibility index (Phi) is 3.51. The minimum atomic E-state index is 0.534. The first-order valence-corrected chi connectivity index (χ1v) is 7.80. The van der Waals surface area contributed by atoms with Gasteiger partial charge in [0.25, 0.3) is 0 Å². The first-order valence-electron chi connectivity index (χ1n) is 6.92. The lowest BCUT2D eigenvalue weighted by Crippen LogP contribution is -1.99. The fourth-order valence-electron chi connectivity index (χ4n) is 2.33. The smallest absolute Gasteiger partial charge is 0.180 e. The molecule has 0 aliphatic carbocycles. The Hall–Kier alpha value is -2.14. The molecule has 108 valence electrons. The molecular weight excluding hydrogens is 280 g/mol. The van der Waals surface area contributed by atoms with Gasteiger partial charge in [0.1, 0.15) is 0 Å². The van der Waals surface area contributed by atoms with E-state index in [4.69, 9.17) is 5.73 Å². The van der Waals surface area contributed by atoms with Gasteiger partial charge in [0.05, 0.1) is 23.3 Å². The van der Waals surface area contributed by atoms with Gasteiger partial charge >= 0.3 is 0 Å². The first-order chi connectivity index (χ1) is 10.1. The van der Waals surface area contributed by atoms with Crippen LogP contribution in [0.3, 0.4) is 0 Å². The summed E-state index contributed by atoms with van der Waals surface area (Å²) in [5, 5.41) is 7.03. The van der Waals surface area contributed by atoms with Crippen LogP contribution in [-0.4, -0.2) is 14.8 Å². The van der Waals surface area contributed by atoms with E-state index in [0.717, 1.165) is 22.6 Å². The SMILES string of the molecule is Cc1c(-c2csc(N)n2)cnn1-c1ccc(C(C)C)cc1. The van der Waals surface area contributed by atoms with Gasteiger partial charge in [-0.15, -0.1) is 11.3 Å². The molecule has 0 fully saturated rings. The van der Waals surface area contributed by atoms with Crippen LogP contribution in [0.5, 0.6) is 0 Å². The molecule has 4 nitrogen and oxygen atoms in total. The number of benzene rings is 1. The second-order valence-corrected chi connectivity index (χ2v) is 6.26. The molecule has 3 aromatic rings. The highest BCUT2D eigenvalue weighted by molar-refractivity contribution is 7.13. The second-order valence-electron chi connectivity index (χ2n) is 5.37. The number of nitrogens with zero attached hydrogens (tertiary/aromatic N) is 3. The van der Waals surface area contributed by atoms with Gasteiger partial charge in [0.2, 0.25) is 0 Å². The van der Waals surface area contributed by atoms with Crippen molar-refractivity contribution in [2.45, 2.75) is 26.7 Å². The third-order valence-electron chi connectivity index (χ3n) is 3.61. The third kappa shape index (κ3) is 2.56. The topological polar surface area (TPSA) is 56.7 Å². The normalized spacial score (nSPS) is 11.2. The Labute approximate surface area is 128 Å². The van der Waals surface area contributed by atoms with Crippen molar-refractivity contribution in [1.29, 1.82) is 0 Å². The Morgan fingerprint density at radius 1 is 1.19 bits per heavy atom. The summed E-state index contributed by atoms with van der Waals surface area (Å²) in [6.45, 7) is 6.44. The molecule has 0 unspecified atom stereocenters. The highest BCUT2D eigenvalue weighted by Gasteiger charge is 2.12. The zero-order chi connectivity index (χ0) is 15.0. The molecule has 5 heteroatoms. The zero-order valence-corrected chi connectivity index (χ0v) is 13.2. The monoisotopic (exact) mass is 298 g/mol. The Morgan fingerprint density at radius 3 is 2.48 bits per heavy atom. The molecule has 21 heavy (non-hydrogen) atoms. The van der Waals surface area contributed by atoms with E-state index in [1.54, 1.807) is 0 Å². The summed E-state index contributed by atoms with van der Waals surface area (Å²) < 4.78 is 1.94. The number of hydrogen-bond acceptors (Lipinski definition) is 4. The van der Waals surface area contributed by atoms with Crippen LogP contribution in [0.1, 0.15) is 31.0 Å². The number of anilines is 1. The highest BCUT2D eigenvalue weighted by atomic mass is 32.1. The van der Waals surface area contributed by atoms with Crippen LogP contribution in [0.25, 0.3) is 16.9 Å². The summed E-state index contributed by atoms with van der Waals surface area (Å²) in [6, 6.07) is 8.52. The quantitative estimate of drug-likeness (QED) is 0.795. The van der Waals surface area contributed by atoms with E-state index >= 15 is 0 Å². The van der Waals surface area contributed by atoms with Crippen LogP contribution in [0.15, 0.2) is 35.8 Å². The van der Waals surface area contributed by atoms with Crippen molar-refractivity contribution < 1.29 is 0 Å². The lowest BCUT2D eigenvalue weighted by atomic mass is 10.0. The molecule has 0 atom stereocenters. The molecule has 0 saturated heterocycles. The van der Waals surface area contributed by atoms with E-state index in [1.807, 2.05) is 23.2 Å². The fraction of sp³-hybridized carbons (Fsp3) is 0.250. The summed E-state index contributed by atoms with van der Waals surface area (Å²) in [7, 11) is 0. The van der Waals surface area contributed by atoms with Gasteiger partial charge in [0, 0.05) is 10.9 Å². The number of aromatic nitrogens is 3. The molecule has 0 aliphatic rings. The van der Waals surface area contributed by atoms with Gasteiger partial charge in [-0.05, 0) is 30.5 Å². The van der Waals surface area contributed by atoms with Gasteiger partial charge in [-0.25, -0.2) is 9.67 Å². The number of nitrogens with two attached hydrogens (primary N) is 1. The summed E-state index contributed by atoms with van der Waals surface area (Å²) in [5.41, 5.74) is 11.1. The molecule has 0 bridgehead atoms. The predicted molar refractivity (Wildman–Crippen MR) is 87.9 cm³/mol. The van der Waals surface area contributed by atoms with E-state index in [1.165, 1.54) is 16.9 Å². The van der Waals surface area contributed by atoms with Crippen LogP contribution >= 0.6 is 11.3 Å². The van der Waals surface area contributed by atoms with E-state index in [2.05, 4.69) is 48.2 Å². The molecule has 2 N–H and O–H groups in total. The molecular formula is C16H18N4S. The lowest BCUT2D eigenvalue weighted by molar-refractivity contribution is 0.837. The molecule has 0 saturated carbocycles. The number of nitrogen functional groups attached to an aromatic ring is 1. The number of hydrogen-bond donors (Lipinski definition) is 1. The Balaban J connectivity index is 1.98. The van der Waals surface area contributed by atoms with Gasteiger partial charge in [-0.2, -0.15) is 5.10 Å². The summed E-state index contributed by atoms with van der Waals surface area (Å²) in [4.78, 5) is 4.33. The van der Waals surface area contributed by atoms with Crippen molar-refractivity contribution in [1.82, 2.24) is 14.8 Å². The third-order valence-corrected chi connectivity index (χ3v) is 4.29. The van der Waals surface area contributed by atoms with E-state index in [-0.39, 0.29) is 0 Å². The molecule has 1 aromatic carbocycles. The molecule has 0 radical (unpaired) electrons. The van der Waals surface area contributed by atoms with Crippen LogP contribution in [0.4, 0.5) is 5.13 Å². The van der Waals surface area contributed by atoms with Gasteiger partial charge in [0.15, 0.2) is 5.13 Å². The average molecular weight is 298 g/mol.